The van der Waals surface area contributed by atoms with E-state index in [-0.39, 0.29) is 17.8 Å². The molecule has 1 aromatic carbocycles. The molecular formula is C16H16BrNO3. The van der Waals surface area contributed by atoms with Gasteiger partial charge in [-0.3, -0.25) is 9.59 Å². The van der Waals surface area contributed by atoms with Crippen molar-refractivity contribution in [2.24, 2.45) is 5.92 Å². The average molecular weight is 350 g/mol. The predicted octanol–water partition coefficient (Wildman–Crippen LogP) is 2.24. The van der Waals surface area contributed by atoms with Crippen molar-refractivity contribution in [3.63, 3.8) is 0 Å². The van der Waals surface area contributed by atoms with Gasteiger partial charge in [0.1, 0.15) is 6.04 Å². The third-order valence-electron chi connectivity index (χ3n) is 4.72. The molecule has 0 bridgehead atoms. The van der Waals surface area contributed by atoms with E-state index in [1.807, 2.05) is 18.2 Å². The van der Waals surface area contributed by atoms with Crippen molar-refractivity contribution >= 4 is 27.7 Å². The van der Waals surface area contributed by atoms with E-state index in [9.17, 15) is 9.59 Å². The van der Waals surface area contributed by atoms with Crippen LogP contribution in [0, 0.1) is 5.92 Å². The zero-order valence-corrected chi connectivity index (χ0v) is 13.1. The molecule has 0 spiro atoms. The molecule has 0 amide bonds. The fourth-order valence-electron chi connectivity index (χ4n) is 3.44. The first-order chi connectivity index (χ1) is 10.1. The maximum Gasteiger partial charge on any atom is 0.323 e. The highest BCUT2D eigenvalue weighted by molar-refractivity contribution is 9.10. The molecule has 4 nitrogen and oxygen atoms in total. The van der Waals surface area contributed by atoms with Crippen LogP contribution < -0.4 is 5.32 Å². The molecule has 1 saturated heterocycles. The summed E-state index contributed by atoms with van der Waals surface area (Å²) >= 11 is 3.42. The number of aryl methyl sites for hydroxylation is 1. The number of nitrogens with one attached hydrogen (secondary N) is 1. The molecule has 4 atom stereocenters. The lowest BCUT2D eigenvalue weighted by Gasteiger charge is -2.25. The molecular weight excluding hydrogens is 334 g/mol. The second kappa shape index (κ2) is 4.92. The van der Waals surface area contributed by atoms with Crippen LogP contribution in [0.15, 0.2) is 22.7 Å². The first-order valence-electron chi connectivity index (χ1n) is 7.41. The summed E-state index contributed by atoms with van der Waals surface area (Å²) in [6, 6.07) is 5.92. The molecule has 0 radical (unpaired) electrons. The smallest absolute Gasteiger partial charge is 0.323 e. The molecule has 21 heavy (non-hydrogen) atoms. The number of fused-ring (bicyclic) bond motifs is 2. The summed E-state index contributed by atoms with van der Waals surface area (Å²) in [7, 11) is 0. The van der Waals surface area contributed by atoms with E-state index < -0.39 is 6.10 Å². The average Bonchev–Trinajstić information content (AvgIpc) is 3.08. The molecule has 1 aromatic rings. The van der Waals surface area contributed by atoms with Crippen LogP contribution in [0.5, 0.6) is 0 Å². The van der Waals surface area contributed by atoms with Gasteiger partial charge < -0.3 is 10.1 Å². The van der Waals surface area contributed by atoms with E-state index >= 15 is 0 Å². The Hall–Kier alpha value is -1.20. The monoisotopic (exact) mass is 349 g/mol. The fourth-order valence-corrected chi connectivity index (χ4v) is 3.85. The Morgan fingerprint density at radius 1 is 1.33 bits per heavy atom. The zero-order chi connectivity index (χ0) is 14.6. The number of benzene rings is 1. The van der Waals surface area contributed by atoms with Crippen LogP contribution in [0.1, 0.15) is 35.2 Å². The Morgan fingerprint density at radius 2 is 2.19 bits per heavy atom. The summed E-state index contributed by atoms with van der Waals surface area (Å²) in [6.45, 7) is 0. The van der Waals surface area contributed by atoms with E-state index in [0.717, 1.165) is 22.9 Å². The number of carbonyl (C=O) groups is 2. The minimum Gasteiger partial charge on any atom is -0.453 e. The molecule has 1 N–H and O–H groups in total. The van der Waals surface area contributed by atoms with Crippen LogP contribution in [0.4, 0.5) is 0 Å². The van der Waals surface area contributed by atoms with Gasteiger partial charge in [-0.15, -0.1) is 0 Å². The van der Waals surface area contributed by atoms with Crippen molar-refractivity contribution in [3.05, 3.63) is 33.8 Å². The molecule has 1 aliphatic heterocycles. The van der Waals surface area contributed by atoms with Gasteiger partial charge in [0.2, 0.25) is 5.78 Å². The summed E-state index contributed by atoms with van der Waals surface area (Å²) in [6.07, 6.45) is 2.75. The van der Waals surface area contributed by atoms with Crippen molar-refractivity contribution < 1.29 is 14.3 Å². The highest BCUT2D eigenvalue weighted by atomic mass is 79.9. The minimum atomic E-state index is -0.620. The Balaban J connectivity index is 1.45. The second-order valence-corrected chi connectivity index (χ2v) is 7.10. The molecule has 4 rings (SSSR count). The SMILES string of the molecule is O=C(OC1CCc2cc(Br)ccc2C1=O)C1CC2CC2N1. The number of Topliss-reactive ketones (excluding diaryl/α,β-unsaturated/α-hetero) is 1. The number of rotatable bonds is 2. The van der Waals surface area contributed by atoms with E-state index in [2.05, 4.69) is 21.2 Å². The molecule has 3 aliphatic rings. The van der Waals surface area contributed by atoms with Gasteiger partial charge in [0, 0.05) is 16.1 Å². The molecule has 5 heteroatoms. The molecule has 110 valence electrons. The number of hydrogen-bond donors (Lipinski definition) is 1. The summed E-state index contributed by atoms with van der Waals surface area (Å²) in [5, 5.41) is 3.27. The third-order valence-corrected chi connectivity index (χ3v) is 5.21. The summed E-state index contributed by atoms with van der Waals surface area (Å²) in [4.78, 5) is 24.6. The van der Waals surface area contributed by atoms with Crippen LogP contribution in [-0.4, -0.2) is 29.9 Å². The largest absolute Gasteiger partial charge is 0.453 e. The predicted molar refractivity (Wildman–Crippen MR) is 80.1 cm³/mol. The standard InChI is InChI=1S/C16H16BrNO3/c17-10-2-3-11-8(5-10)1-4-14(15(11)19)21-16(20)13-7-9-6-12(9)18-13/h2-3,5,9,12-14,18H,1,4,6-7H2. The first kappa shape index (κ1) is 13.5. The number of ketones is 1. The van der Waals surface area contributed by atoms with Gasteiger partial charge in [-0.25, -0.2) is 0 Å². The molecule has 1 heterocycles. The maximum atomic E-state index is 12.4. The van der Waals surface area contributed by atoms with Crippen molar-refractivity contribution in [1.29, 1.82) is 0 Å². The van der Waals surface area contributed by atoms with Gasteiger partial charge in [0.15, 0.2) is 6.10 Å². The van der Waals surface area contributed by atoms with Crippen LogP contribution >= 0.6 is 15.9 Å². The highest BCUT2D eigenvalue weighted by Crippen LogP contribution is 2.41. The normalized spacial score (nSPS) is 33.3. The number of carbonyl (C=O) groups excluding carboxylic acids is 2. The maximum absolute atomic E-state index is 12.4. The Labute approximate surface area is 131 Å². The van der Waals surface area contributed by atoms with Crippen molar-refractivity contribution in [3.8, 4) is 0 Å². The number of piperidine rings is 1. The lowest BCUT2D eigenvalue weighted by Crippen LogP contribution is -2.40. The van der Waals surface area contributed by atoms with Crippen molar-refractivity contribution in [1.82, 2.24) is 5.32 Å². The number of ether oxygens (including phenoxy) is 1. The molecule has 2 fully saturated rings. The van der Waals surface area contributed by atoms with Gasteiger partial charge >= 0.3 is 5.97 Å². The second-order valence-electron chi connectivity index (χ2n) is 6.19. The van der Waals surface area contributed by atoms with Gasteiger partial charge in [-0.2, -0.15) is 0 Å². The Bertz CT molecular complexity index is 620. The fraction of sp³-hybridized carbons (Fsp3) is 0.500. The first-order valence-corrected chi connectivity index (χ1v) is 8.20. The summed E-state index contributed by atoms with van der Waals surface area (Å²) in [5.74, 6) is 0.309. The lowest BCUT2D eigenvalue weighted by atomic mass is 9.88. The van der Waals surface area contributed by atoms with Gasteiger partial charge in [-0.05, 0) is 55.4 Å². The number of hydrogen-bond acceptors (Lipinski definition) is 4. The topological polar surface area (TPSA) is 55.4 Å². The number of halogens is 1. The zero-order valence-electron chi connectivity index (χ0n) is 11.5. The third kappa shape index (κ3) is 2.42. The van der Waals surface area contributed by atoms with E-state index in [4.69, 9.17) is 4.74 Å². The van der Waals surface area contributed by atoms with Crippen LogP contribution in [0.3, 0.4) is 0 Å². The van der Waals surface area contributed by atoms with Gasteiger partial charge in [0.05, 0.1) is 0 Å². The Kier molecular flexibility index (Phi) is 3.15. The lowest BCUT2D eigenvalue weighted by molar-refractivity contribution is -0.149. The summed E-state index contributed by atoms with van der Waals surface area (Å²) < 4.78 is 6.45. The number of esters is 1. The van der Waals surface area contributed by atoms with Gasteiger partial charge in [0.25, 0.3) is 0 Å². The molecule has 4 unspecified atom stereocenters. The van der Waals surface area contributed by atoms with E-state index in [1.165, 1.54) is 6.42 Å². The van der Waals surface area contributed by atoms with Crippen molar-refractivity contribution in [2.45, 2.75) is 43.9 Å². The minimum absolute atomic E-state index is 0.0692. The van der Waals surface area contributed by atoms with Crippen LogP contribution in [-0.2, 0) is 16.0 Å². The summed E-state index contributed by atoms with van der Waals surface area (Å²) in [5.41, 5.74) is 1.71. The van der Waals surface area contributed by atoms with Gasteiger partial charge in [-0.1, -0.05) is 15.9 Å². The van der Waals surface area contributed by atoms with Crippen LogP contribution in [0.2, 0.25) is 0 Å². The Morgan fingerprint density at radius 3 is 2.95 bits per heavy atom. The molecule has 2 aliphatic carbocycles. The molecule has 0 aromatic heterocycles. The van der Waals surface area contributed by atoms with E-state index in [0.29, 0.717) is 23.9 Å². The van der Waals surface area contributed by atoms with Crippen LogP contribution in [0.25, 0.3) is 0 Å². The highest BCUT2D eigenvalue weighted by Gasteiger charge is 2.49. The van der Waals surface area contributed by atoms with Crippen molar-refractivity contribution in [2.75, 3.05) is 0 Å². The molecule has 1 saturated carbocycles. The quantitative estimate of drug-likeness (QED) is 0.832. The van der Waals surface area contributed by atoms with E-state index in [1.54, 1.807) is 0 Å².